The Labute approximate surface area is 129 Å². The maximum Gasteiger partial charge on any atom is 0.291 e. The first-order chi connectivity index (χ1) is 9.81. The van der Waals surface area contributed by atoms with Gasteiger partial charge in [-0.25, -0.2) is 9.71 Å². The van der Waals surface area contributed by atoms with Crippen LogP contribution in [0.15, 0.2) is 4.34 Å². The summed E-state index contributed by atoms with van der Waals surface area (Å²) in [7, 11) is -2.48. The zero-order chi connectivity index (χ0) is 15.7. The van der Waals surface area contributed by atoms with E-state index in [-0.39, 0.29) is 4.34 Å². The number of hydrogen-bond donors (Lipinski definition) is 1. The van der Waals surface area contributed by atoms with Crippen LogP contribution in [0.4, 0.5) is 0 Å². The van der Waals surface area contributed by atoms with E-state index in [1.165, 1.54) is 7.11 Å². The molecule has 118 valence electrons. The second kappa shape index (κ2) is 6.02. The summed E-state index contributed by atoms with van der Waals surface area (Å²) in [6.45, 7) is 3.54. The van der Waals surface area contributed by atoms with E-state index in [2.05, 4.69) is 9.71 Å². The summed E-state index contributed by atoms with van der Waals surface area (Å²) in [5.41, 5.74) is -0.376. The van der Waals surface area contributed by atoms with Crippen molar-refractivity contribution in [2.24, 2.45) is 0 Å². The van der Waals surface area contributed by atoms with E-state index in [4.69, 9.17) is 4.74 Å². The molecule has 1 N–H and O–H groups in total. The van der Waals surface area contributed by atoms with Crippen molar-refractivity contribution in [2.45, 2.75) is 55.9 Å². The summed E-state index contributed by atoms with van der Waals surface area (Å²) in [5.74, 6) is -0.588. The van der Waals surface area contributed by atoms with Crippen LogP contribution in [0.2, 0.25) is 0 Å². The summed E-state index contributed by atoms with van der Waals surface area (Å²) in [6, 6.07) is 0. The van der Waals surface area contributed by atoms with Gasteiger partial charge in [0.1, 0.15) is 5.60 Å². The van der Waals surface area contributed by atoms with E-state index in [0.29, 0.717) is 18.5 Å². The Kier molecular flexibility index (Phi) is 4.69. The average Bonchev–Trinajstić information content (AvgIpc) is 2.80. The molecular weight excluding hydrogens is 312 g/mol. The Balaban J connectivity index is 2.21. The molecule has 21 heavy (non-hydrogen) atoms. The van der Waals surface area contributed by atoms with Gasteiger partial charge in [-0.15, -0.1) is 11.3 Å². The quantitative estimate of drug-likeness (QED) is 0.910. The fourth-order valence-electron chi connectivity index (χ4n) is 2.46. The zero-order valence-corrected chi connectivity index (χ0v) is 14.1. The van der Waals surface area contributed by atoms with E-state index in [0.717, 1.165) is 35.5 Å². The highest BCUT2D eigenvalue weighted by molar-refractivity contribution is 7.92. The van der Waals surface area contributed by atoms with Gasteiger partial charge in [-0.3, -0.25) is 4.79 Å². The topological polar surface area (TPSA) is 85.4 Å². The first kappa shape index (κ1) is 16.4. The summed E-state index contributed by atoms with van der Waals surface area (Å²) in [6.07, 6.45) is 3.84. The van der Waals surface area contributed by atoms with Gasteiger partial charge in [0.05, 0.1) is 5.69 Å². The van der Waals surface area contributed by atoms with Crippen LogP contribution in [0.25, 0.3) is 0 Å². The van der Waals surface area contributed by atoms with Crippen molar-refractivity contribution in [3.8, 4) is 0 Å². The van der Waals surface area contributed by atoms with E-state index >= 15 is 0 Å². The van der Waals surface area contributed by atoms with Gasteiger partial charge in [-0.2, -0.15) is 8.42 Å². The number of thiazole rings is 1. The number of carbonyl (C=O) groups excluding carboxylic acids is 1. The number of hydrogen-bond acceptors (Lipinski definition) is 6. The van der Waals surface area contributed by atoms with Crippen LogP contribution in [0.5, 0.6) is 0 Å². The second-order valence-corrected chi connectivity index (χ2v) is 8.37. The van der Waals surface area contributed by atoms with Crippen LogP contribution in [-0.2, 0) is 19.6 Å². The molecular formula is C13H20N2O4S2. The predicted octanol–water partition coefficient (Wildman–Crippen LogP) is 1.91. The summed E-state index contributed by atoms with van der Waals surface area (Å²) in [5, 5.41) is 0. The van der Waals surface area contributed by atoms with Crippen LogP contribution in [0.3, 0.4) is 0 Å². The van der Waals surface area contributed by atoms with Crippen molar-refractivity contribution in [3.63, 3.8) is 0 Å². The van der Waals surface area contributed by atoms with Gasteiger partial charge in [0.15, 0.2) is 0 Å². The second-order valence-electron chi connectivity index (χ2n) is 5.32. The number of methoxy groups -OCH3 is 1. The normalized spacial score (nSPS) is 18.4. The largest absolute Gasteiger partial charge is 0.368 e. The first-order valence-corrected chi connectivity index (χ1v) is 9.17. The zero-order valence-electron chi connectivity index (χ0n) is 12.4. The van der Waals surface area contributed by atoms with Gasteiger partial charge in [0.25, 0.3) is 15.9 Å². The van der Waals surface area contributed by atoms with Crippen molar-refractivity contribution in [1.82, 2.24) is 9.71 Å². The molecule has 1 heterocycles. The Morgan fingerprint density at radius 3 is 2.38 bits per heavy atom. The molecule has 0 saturated heterocycles. The van der Waals surface area contributed by atoms with Crippen LogP contribution in [0, 0.1) is 13.8 Å². The third-order valence-electron chi connectivity index (χ3n) is 3.93. The minimum absolute atomic E-state index is 0.0760. The van der Waals surface area contributed by atoms with E-state index < -0.39 is 21.5 Å². The van der Waals surface area contributed by atoms with Crippen LogP contribution < -0.4 is 4.72 Å². The van der Waals surface area contributed by atoms with Crippen molar-refractivity contribution >= 4 is 27.3 Å². The van der Waals surface area contributed by atoms with Crippen LogP contribution in [-0.4, -0.2) is 32.0 Å². The number of nitrogens with zero attached hydrogens (tertiary/aromatic N) is 1. The number of aromatic nitrogens is 1. The lowest BCUT2D eigenvalue weighted by molar-refractivity contribution is -0.145. The molecule has 0 bridgehead atoms. The molecule has 0 unspecified atom stereocenters. The molecule has 1 aliphatic carbocycles. The minimum atomic E-state index is -3.93. The number of rotatable bonds is 4. The Hall–Kier alpha value is -0.990. The Bertz CT molecular complexity index is 611. The van der Waals surface area contributed by atoms with Crippen LogP contribution >= 0.6 is 11.3 Å². The van der Waals surface area contributed by atoms with Crippen LogP contribution in [0.1, 0.15) is 42.7 Å². The van der Waals surface area contributed by atoms with Gasteiger partial charge < -0.3 is 4.74 Å². The number of nitrogens with one attached hydrogen (secondary N) is 1. The fourth-order valence-corrected chi connectivity index (χ4v) is 4.81. The summed E-state index contributed by atoms with van der Waals surface area (Å²) >= 11 is 1.06. The maximum atomic E-state index is 12.4. The fraction of sp³-hybridized carbons (Fsp3) is 0.692. The number of carbonyl (C=O) groups is 1. The molecule has 1 aliphatic rings. The van der Waals surface area contributed by atoms with E-state index in [1.54, 1.807) is 13.8 Å². The molecule has 1 saturated carbocycles. The van der Waals surface area contributed by atoms with Crippen molar-refractivity contribution < 1.29 is 17.9 Å². The average molecular weight is 332 g/mol. The number of amides is 1. The van der Waals surface area contributed by atoms with E-state index in [9.17, 15) is 13.2 Å². The van der Waals surface area contributed by atoms with Gasteiger partial charge in [-0.1, -0.05) is 19.3 Å². The molecule has 0 radical (unpaired) electrons. The van der Waals surface area contributed by atoms with Gasteiger partial charge >= 0.3 is 0 Å². The molecule has 2 rings (SSSR count). The molecule has 0 aliphatic heterocycles. The smallest absolute Gasteiger partial charge is 0.291 e. The third-order valence-corrected chi connectivity index (χ3v) is 6.71. The lowest BCUT2D eigenvalue weighted by atomic mass is 9.84. The van der Waals surface area contributed by atoms with Crippen molar-refractivity contribution in [2.75, 3.05) is 7.11 Å². The lowest BCUT2D eigenvalue weighted by Crippen LogP contribution is -2.51. The number of aryl methyl sites for hydroxylation is 2. The number of ether oxygens (including phenoxy) is 1. The standard InChI is InChI=1S/C13H20N2O4S2/c1-9-10(2)20-12(14-9)21(17,18)15-11(16)13(19-3)7-5-4-6-8-13/h4-8H2,1-3H3,(H,15,16). The van der Waals surface area contributed by atoms with Gasteiger partial charge in [-0.05, 0) is 26.7 Å². The minimum Gasteiger partial charge on any atom is -0.368 e. The predicted molar refractivity (Wildman–Crippen MR) is 79.7 cm³/mol. The monoisotopic (exact) mass is 332 g/mol. The molecule has 6 nitrogen and oxygen atoms in total. The molecule has 1 aromatic rings. The molecule has 1 amide bonds. The van der Waals surface area contributed by atoms with Gasteiger partial charge in [0.2, 0.25) is 4.34 Å². The Morgan fingerprint density at radius 1 is 1.29 bits per heavy atom. The molecule has 1 aromatic heterocycles. The molecule has 1 fully saturated rings. The highest BCUT2D eigenvalue weighted by atomic mass is 32.2. The lowest BCUT2D eigenvalue weighted by Gasteiger charge is -2.33. The molecule has 0 atom stereocenters. The molecule has 0 aromatic carbocycles. The van der Waals surface area contributed by atoms with Crippen molar-refractivity contribution in [3.05, 3.63) is 10.6 Å². The summed E-state index contributed by atoms with van der Waals surface area (Å²) < 4.78 is 32.0. The maximum absolute atomic E-state index is 12.4. The van der Waals surface area contributed by atoms with Crippen molar-refractivity contribution in [1.29, 1.82) is 0 Å². The molecule has 0 spiro atoms. The van der Waals surface area contributed by atoms with Gasteiger partial charge in [0, 0.05) is 12.0 Å². The summed E-state index contributed by atoms with van der Waals surface area (Å²) in [4.78, 5) is 17.2. The SMILES string of the molecule is COC1(C(=O)NS(=O)(=O)c2nc(C)c(C)s2)CCCCC1. The first-order valence-electron chi connectivity index (χ1n) is 6.87. The van der Waals surface area contributed by atoms with E-state index in [1.807, 2.05) is 0 Å². The Morgan fingerprint density at radius 2 is 1.90 bits per heavy atom. The third kappa shape index (κ3) is 3.27. The number of sulfonamides is 1. The molecule has 8 heteroatoms. The highest BCUT2D eigenvalue weighted by Gasteiger charge is 2.42. The highest BCUT2D eigenvalue weighted by Crippen LogP contribution is 2.32.